The largest absolute Gasteiger partial charge is 0.276 e. The molecule has 0 bridgehead atoms. The number of sulfonamides is 1. The van der Waals surface area contributed by atoms with Crippen LogP contribution in [0.2, 0.25) is 4.47 Å². The molecule has 0 aliphatic heterocycles. The number of halogens is 3. The highest BCUT2D eigenvalue weighted by atomic mass is 35.5. The van der Waals surface area contributed by atoms with Crippen LogP contribution in [0.15, 0.2) is 22.4 Å². The highest BCUT2D eigenvalue weighted by molar-refractivity contribution is 7.94. The molecular formula is C10H7ClF2N2O2S2. The van der Waals surface area contributed by atoms with Gasteiger partial charge in [-0.2, -0.15) is 0 Å². The molecule has 2 aromatic rings. The number of benzene rings is 1. The summed E-state index contributed by atoms with van der Waals surface area (Å²) in [5, 5.41) is 0. The third kappa shape index (κ3) is 2.85. The molecule has 19 heavy (non-hydrogen) atoms. The lowest BCUT2D eigenvalue weighted by Gasteiger charge is -2.07. The first kappa shape index (κ1) is 14.2. The van der Waals surface area contributed by atoms with Crippen molar-refractivity contribution in [1.82, 2.24) is 4.98 Å². The molecule has 1 heterocycles. The molecule has 1 aromatic carbocycles. The monoisotopic (exact) mass is 324 g/mol. The number of nitrogens with one attached hydrogen (secondary N) is 1. The number of rotatable bonds is 3. The van der Waals surface area contributed by atoms with Crippen LogP contribution in [0.25, 0.3) is 0 Å². The van der Waals surface area contributed by atoms with Gasteiger partial charge < -0.3 is 0 Å². The molecule has 0 aliphatic carbocycles. The molecule has 2 rings (SSSR count). The zero-order valence-electron chi connectivity index (χ0n) is 9.45. The van der Waals surface area contributed by atoms with E-state index < -0.39 is 27.3 Å². The number of aryl methyl sites for hydroxylation is 1. The number of anilines is 1. The zero-order chi connectivity index (χ0) is 14.2. The molecule has 0 saturated heterocycles. The van der Waals surface area contributed by atoms with Gasteiger partial charge in [0, 0.05) is 0 Å². The number of thiazole rings is 1. The van der Waals surface area contributed by atoms with Gasteiger partial charge in [-0.05, 0) is 19.1 Å². The lowest BCUT2D eigenvalue weighted by atomic mass is 10.3. The molecule has 1 N–H and O–H groups in total. The van der Waals surface area contributed by atoms with Crippen LogP contribution in [0.3, 0.4) is 0 Å². The Kier molecular flexibility index (Phi) is 3.75. The SMILES string of the molecule is Cc1nc(Cl)sc1S(=O)(=O)Nc1cccc(F)c1F. The summed E-state index contributed by atoms with van der Waals surface area (Å²) in [5.74, 6) is -2.40. The van der Waals surface area contributed by atoms with E-state index in [2.05, 4.69) is 4.98 Å². The van der Waals surface area contributed by atoms with E-state index in [0.29, 0.717) is 0 Å². The third-order valence-corrected chi connectivity index (χ3v) is 5.40. The van der Waals surface area contributed by atoms with Crippen molar-refractivity contribution in [1.29, 1.82) is 0 Å². The minimum absolute atomic E-state index is 0.0533. The standard InChI is InChI=1S/C10H7ClF2N2O2S2/c1-5-9(18-10(11)14-5)19(16,17)15-7-4-2-3-6(12)8(7)13/h2-4,15H,1H3. The number of nitrogens with zero attached hydrogens (tertiary/aromatic N) is 1. The Balaban J connectivity index is 2.42. The van der Waals surface area contributed by atoms with Crippen molar-refractivity contribution in [2.75, 3.05) is 4.72 Å². The second-order valence-corrected chi connectivity index (χ2v) is 7.01. The molecule has 0 unspecified atom stereocenters. The van der Waals surface area contributed by atoms with Crippen LogP contribution in [0.5, 0.6) is 0 Å². The topological polar surface area (TPSA) is 59.1 Å². The number of aromatic nitrogens is 1. The van der Waals surface area contributed by atoms with Crippen LogP contribution in [0.4, 0.5) is 14.5 Å². The van der Waals surface area contributed by atoms with Crippen LogP contribution in [0, 0.1) is 18.6 Å². The van der Waals surface area contributed by atoms with Crippen LogP contribution in [-0.4, -0.2) is 13.4 Å². The molecular weight excluding hydrogens is 318 g/mol. The highest BCUT2D eigenvalue weighted by Crippen LogP contribution is 2.29. The van der Waals surface area contributed by atoms with Crippen LogP contribution >= 0.6 is 22.9 Å². The van der Waals surface area contributed by atoms with Gasteiger partial charge in [0.05, 0.1) is 11.4 Å². The molecule has 0 aliphatic rings. The van der Waals surface area contributed by atoms with Crippen molar-refractivity contribution in [3.63, 3.8) is 0 Å². The van der Waals surface area contributed by atoms with Crippen LogP contribution in [-0.2, 0) is 10.0 Å². The maximum absolute atomic E-state index is 13.4. The van der Waals surface area contributed by atoms with Gasteiger partial charge in [-0.25, -0.2) is 22.2 Å². The predicted molar refractivity (Wildman–Crippen MR) is 69.0 cm³/mol. The lowest BCUT2D eigenvalue weighted by molar-refractivity contribution is 0.511. The molecule has 0 radical (unpaired) electrons. The lowest BCUT2D eigenvalue weighted by Crippen LogP contribution is -2.14. The van der Waals surface area contributed by atoms with Crippen molar-refractivity contribution in [3.05, 3.63) is 40.0 Å². The van der Waals surface area contributed by atoms with Gasteiger partial charge >= 0.3 is 0 Å². The Hall–Kier alpha value is -1.25. The molecule has 9 heteroatoms. The van der Waals surface area contributed by atoms with E-state index in [4.69, 9.17) is 11.6 Å². The summed E-state index contributed by atoms with van der Waals surface area (Å²) in [6.07, 6.45) is 0. The molecule has 0 spiro atoms. The zero-order valence-corrected chi connectivity index (χ0v) is 11.8. The predicted octanol–water partition coefficient (Wildman–Crippen LogP) is 3.18. The van der Waals surface area contributed by atoms with E-state index >= 15 is 0 Å². The van der Waals surface area contributed by atoms with Crippen molar-refractivity contribution in [3.8, 4) is 0 Å². The first-order valence-electron chi connectivity index (χ1n) is 4.91. The second kappa shape index (κ2) is 5.03. The maximum Gasteiger partial charge on any atom is 0.273 e. The summed E-state index contributed by atoms with van der Waals surface area (Å²) < 4.78 is 52.3. The average molecular weight is 325 g/mol. The average Bonchev–Trinajstić information content (AvgIpc) is 2.65. The van der Waals surface area contributed by atoms with Gasteiger partial charge in [0.2, 0.25) is 0 Å². The maximum atomic E-state index is 13.4. The summed E-state index contributed by atoms with van der Waals surface area (Å²) in [7, 11) is -4.05. The summed E-state index contributed by atoms with van der Waals surface area (Å²) in [6.45, 7) is 1.46. The summed E-state index contributed by atoms with van der Waals surface area (Å²) in [5.41, 5.74) is -0.275. The quantitative estimate of drug-likeness (QED) is 0.943. The first-order valence-corrected chi connectivity index (χ1v) is 7.59. The molecule has 0 fully saturated rings. The molecule has 0 saturated carbocycles. The Bertz CT molecular complexity index is 731. The van der Waals surface area contributed by atoms with Gasteiger partial charge in [-0.15, -0.1) is 0 Å². The number of hydrogen-bond acceptors (Lipinski definition) is 4. The highest BCUT2D eigenvalue weighted by Gasteiger charge is 2.23. The molecule has 0 atom stereocenters. The summed E-state index contributed by atoms with van der Waals surface area (Å²) >= 11 is 6.35. The van der Waals surface area contributed by atoms with Gasteiger partial charge in [0.1, 0.15) is 0 Å². The van der Waals surface area contributed by atoms with Crippen molar-refractivity contribution >= 4 is 38.6 Å². The van der Waals surface area contributed by atoms with E-state index in [0.717, 1.165) is 23.5 Å². The van der Waals surface area contributed by atoms with Crippen molar-refractivity contribution in [2.24, 2.45) is 0 Å². The number of hydrogen-bond donors (Lipinski definition) is 1. The molecule has 102 valence electrons. The van der Waals surface area contributed by atoms with Gasteiger partial charge in [0.15, 0.2) is 20.3 Å². The van der Waals surface area contributed by atoms with E-state index in [1.165, 1.54) is 13.0 Å². The van der Waals surface area contributed by atoms with E-state index in [9.17, 15) is 17.2 Å². The van der Waals surface area contributed by atoms with Crippen LogP contribution in [0.1, 0.15) is 5.69 Å². The second-order valence-electron chi connectivity index (χ2n) is 3.55. The van der Waals surface area contributed by atoms with E-state index in [-0.39, 0.29) is 14.4 Å². The molecule has 0 amide bonds. The van der Waals surface area contributed by atoms with Gasteiger partial charge in [-0.1, -0.05) is 29.0 Å². The van der Waals surface area contributed by atoms with Gasteiger partial charge in [0.25, 0.3) is 10.0 Å². The third-order valence-electron chi connectivity index (χ3n) is 2.17. The van der Waals surface area contributed by atoms with Crippen molar-refractivity contribution in [2.45, 2.75) is 11.1 Å². The van der Waals surface area contributed by atoms with Crippen molar-refractivity contribution < 1.29 is 17.2 Å². The minimum Gasteiger partial charge on any atom is -0.276 e. The molecule has 1 aromatic heterocycles. The minimum atomic E-state index is -4.05. The van der Waals surface area contributed by atoms with Crippen LogP contribution < -0.4 is 4.72 Å². The molecule has 4 nitrogen and oxygen atoms in total. The fourth-order valence-corrected chi connectivity index (χ4v) is 4.17. The van der Waals surface area contributed by atoms with E-state index in [1.807, 2.05) is 4.72 Å². The summed E-state index contributed by atoms with van der Waals surface area (Å²) in [4.78, 5) is 3.76. The first-order chi connectivity index (χ1) is 8.81. The fourth-order valence-electron chi connectivity index (χ4n) is 1.37. The summed E-state index contributed by atoms with van der Waals surface area (Å²) in [6, 6.07) is 3.21. The Morgan fingerprint density at radius 1 is 1.37 bits per heavy atom. The van der Waals surface area contributed by atoms with Gasteiger partial charge in [-0.3, -0.25) is 4.72 Å². The normalized spacial score (nSPS) is 11.6. The van der Waals surface area contributed by atoms with E-state index in [1.54, 1.807) is 0 Å². The Labute approximate surface area is 117 Å². The Morgan fingerprint density at radius 2 is 2.05 bits per heavy atom. The smallest absolute Gasteiger partial charge is 0.273 e. The fraction of sp³-hybridized carbons (Fsp3) is 0.100. The Morgan fingerprint density at radius 3 is 2.63 bits per heavy atom.